The largest absolute Gasteiger partial charge is 0.494 e. The molecule has 3 aromatic rings. The Hall–Kier alpha value is -4.06. The van der Waals surface area contributed by atoms with Crippen molar-refractivity contribution < 1.29 is 14.5 Å². The summed E-state index contributed by atoms with van der Waals surface area (Å²) in [6.45, 7) is 1.79. The second-order valence-electron chi connectivity index (χ2n) is 6.19. The number of nitrogens with zero attached hydrogens (tertiary/aromatic N) is 3. The predicted octanol–water partition coefficient (Wildman–Crippen LogP) is 1.72. The Morgan fingerprint density at radius 1 is 1.26 bits per heavy atom. The standard InChI is InChI=1S/C19H18N6O5S/c1-2-30-13-7-8-15(16(9-13)25(28)29)21-19(31)23-22-17(26)11-24-18(27)14-6-4-3-5-12(14)10-20-24/h3-10H,2,11H2,1H3,(H,22,26)(H2,21,23,31). The molecule has 0 aliphatic rings. The van der Waals surface area contributed by atoms with Crippen LogP contribution in [-0.4, -0.2) is 32.3 Å². The minimum Gasteiger partial charge on any atom is -0.494 e. The van der Waals surface area contributed by atoms with Gasteiger partial charge in [-0.05, 0) is 37.3 Å². The summed E-state index contributed by atoms with van der Waals surface area (Å²) in [7, 11) is 0. The third-order valence-electron chi connectivity index (χ3n) is 4.10. The molecule has 0 atom stereocenters. The van der Waals surface area contributed by atoms with Gasteiger partial charge in [0.25, 0.3) is 17.2 Å². The summed E-state index contributed by atoms with van der Waals surface area (Å²) >= 11 is 5.06. The van der Waals surface area contributed by atoms with E-state index in [1.54, 1.807) is 37.3 Å². The second kappa shape index (κ2) is 9.63. The number of carbonyl (C=O) groups excluding carboxylic acids is 1. The van der Waals surface area contributed by atoms with Crippen LogP contribution < -0.4 is 26.5 Å². The Kier molecular flexibility index (Phi) is 6.72. The lowest BCUT2D eigenvalue weighted by atomic mass is 10.2. The van der Waals surface area contributed by atoms with Crippen molar-refractivity contribution in [2.75, 3.05) is 11.9 Å². The van der Waals surface area contributed by atoms with Crippen LogP contribution in [-0.2, 0) is 11.3 Å². The van der Waals surface area contributed by atoms with E-state index in [-0.39, 0.29) is 23.0 Å². The quantitative estimate of drug-likeness (QED) is 0.296. The average molecular weight is 442 g/mol. The van der Waals surface area contributed by atoms with E-state index in [9.17, 15) is 19.7 Å². The molecule has 0 aliphatic heterocycles. The van der Waals surface area contributed by atoms with Crippen LogP contribution in [0, 0.1) is 10.1 Å². The van der Waals surface area contributed by atoms with Crippen molar-refractivity contribution in [3.05, 3.63) is 69.1 Å². The summed E-state index contributed by atoms with van der Waals surface area (Å²) in [4.78, 5) is 35.3. The first-order valence-electron chi connectivity index (χ1n) is 9.11. The normalized spacial score (nSPS) is 10.4. The number of hydrogen-bond acceptors (Lipinski definition) is 7. The zero-order chi connectivity index (χ0) is 22.4. The zero-order valence-corrected chi connectivity index (χ0v) is 17.1. The van der Waals surface area contributed by atoms with E-state index < -0.39 is 16.4 Å². The third kappa shape index (κ3) is 5.30. The lowest BCUT2D eigenvalue weighted by molar-refractivity contribution is -0.384. The summed E-state index contributed by atoms with van der Waals surface area (Å²) in [6, 6.07) is 11.2. The molecule has 0 unspecified atom stereocenters. The van der Waals surface area contributed by atoms with E-state index in [1.165, 1.54) is 18.3 Å². The smallest absolute Gasteiger partial charge is 0.296 e. The Labute approximate surface area is 181 Å². The summed E-state index contributed by atoms with van der Waals surface area (Å²) in [5.74, 6) is -0.240. The fourth-order valence-electron chi connectivity index (χ4n) is 2.72. The van der Waals surface area contributed by atoms with E-state index in [1.807, 2.05) is 0 Å². The van der Waals surface area contributed by atoms with Gasteiger partial charge in [-0.3, -0.25) is 30.6 Å². The molecule has 0 bridgehead atoms. The number of nitrogens with one attached hydrogen (secondary N) is 3. The highest BCUT2D eigenvalue weighted by molar-refractivity contribution is 7.80. The Balaban J connectivity index is 1.61. The summed E-state index contributed by atoms with van der Waals surface area (Å²) in [5.41, 5.74) is 4.23. The van der Waals surface area contributed by atoms with E-state index in [0.29, 0.717) is 23.1 Å². The monoisotopic (exact) mass is 442 g/mol. The van der Waals surface area contributed by atoms with Crippen LogP contribution in [0.2, 0.25) is 0 Å². The SMILES string of the molecule is CCOc1ccc(NC(=S)NNC(=O)Cn2ncc3ccccc3c2=O)c([N+](=O)[O-])c1. The maximum atomic E-state index is 12.4. The number of anilines is 1. The van der Waals surface area contributed by atoms with Gasteiger partial charge < -0.3 is 10.1 Å². The number of fused-ring (bicyclic) bond motifs is 1. The van der Waals surface area contributed by atoms with Gasteiger partial charge >= 0.3 is 0 Å². The van der Waals surface area contributed by atoms with E-state index in [2.05, 4.69) is 21.3 Å². The first kappa shape index (κ1) is 21.6. The first-order chi connectivity index (χ1) is 14.9. The summed E-state index contributed by atoms with van der Waals surface area (Å²) in [5, 5.41) is 18.9. The zero-order valence-electron chi connectivity index (χ0n) is 16.3. The lowest BCUT2D eigenvalue weighted by Crippen LogP contribution is -2.46. The van der Waals surface area contributed by atoms with Crippen LogP contribution in [0.5, 0.6) is 5.75 Å². The minimum atomic E-state index is -0.588. The van der Waals surface area contributed by atoms with Gasteiger partial charge in [0.05, 0.1) is 29.2 Å². The molecule has 0 saturated heterocycles. The van der Waals surface area contributed by atoms with Crippen molar-refractivity contribution in [2.24, 2.45) is 0 Å². The molecule has 31 heavy (non-hydrogen) atoms. The molecule has 11 nitrogen and oxygen atoms in total. The van der Waals surface area contributed by atoms with E-state index in [4.69, 9.17) is 17.0 Å². The van der Waals surface area contributed by atoms with Gasteiger partial charge in [-0.2, -0.15) is 5.10 Å². The topological polar surface area (TPSA) is 140 Å². The molecule has 3 N–H and O–H groups in total. The summed E-state index contributed by atoms with van der Waals surface area (Å²) in [6.07, 6.45) is 1.49. The number of nitro benzene ring substituents is 1. The van der Waals surface area contributed by atoms with Gasteiger partial charge in [-0.25, -0.2) is 4.68 Å². The van der Waals surface area contributed by atoms with Crippen molar-refractivity contribution in [3.8, 4) is 5.75 Å². The first-order valence-corrected chi connectivity index (χ1v) is 9.51. The lowest BCUT2D eigenvalue weighted by Gasteiger charge is -2.13. The molecular formula is C19H18N6O5S. The molecule has 0 spiro atoms. The molecule has 1 aromatic heterocycles. The molecule has 160 valence electrons. The molecule has 2 aromatic carbocycles. The van der Waals surface area contributed by atoms with Gasteiger partial charge in [-0.15, -0.1) is 0 Å². The van der Waals surface area contributed by atoms with Crippen LogP contribution in [0.15, 0.2) is 53.5 Å². The average Bonchev–Trinajstić information content (AvgIpc) is 2.75. The highest BCUT2D eigenvalue weighted by Crippen LogP contribution is 2.29. The van der Waals surface area contributed by atoms with Gasteiger partial charge in [0.1, 0.15) is 18.0 Å². The van der Waals surface area contributed by atoms with Crippen molar-refractivity contribution >= 4 is 45.4 Å². The highest BCUT2D eigenvalue weighted by Gasteiger charge is 2.16. The minimum absolute atomic E-state index is 0.0839. The Morgan fingerprint density at radius 2 is 2.03 bits per heavy atom. The Morgan fingerprint density at radius 3 is 2.77 bits per heavy atom. The van der Waals surface area contributed by atoms with Crippen LogP contribution in [0.3, 0.4) is 0 Å². The number of hydrazine groups is 1. The molecule has 12 heteroatoms. The van der Waals surface area contributed by atoms with Crippen molar-refractivity contribution in [3.63, 3.8) is 0 Å². The maximum absolute atomic E-state index is 12.4. The number of thiocarbonyl (C=S) groups is 1. The second-order valence-corrected chi connectivity index (χ2v) is 6.60. The molecule has 1 heterocycles. The fraction of sp³-hybridized carbons (Fsp3) is 0.158. The van der Waals surface area contributed by atoms with Gasteiger partial charge in [0, 0.05) is 5.39 Å². The number of amides is 1. The molecule has 0 radical (unpaired) electrons. The third-order valence-corrected chi connectivity index (χ3v) is 4.30. The molecule has 0 saturated carbocycles. The van der Waals surface area contributed by atoms with Crippen molar-refractivity contribution in [2.45, 2.75) is 13.5 Å². The van der Waals surface area contributed by atoms with Crippen LogP contribution in [0.1, 0.15) is 6.92 Å². The Bertz CT molecular complexity index is 1210. The molecule has 0 aliphatic carbocycles. The van der Waals surface area contributed by atoms with E-state index >= 15 is 0 Å². The van der Waals surface area contributed by atoms with Crippen molar-refractivity contribution in [1.29, 1.82) is 0 Å². The molecule has 3 rings (SSSR count). The number of nitro groups is 1. The number of benzene rings is 2. The fourth-order valence-corrected chi connectivity index (χ4v) is 2.88. The van der Waals surface area contributed by atoms with Gasteiger partial charge in [0.2, 0.25) is 0 Å². The molecule has 0 fully saturated rings. The number of hydrogen-bond donors (Lipinski definition) is 3. The molecular weight excluding hydrogens is 424 g/mol. The highest BCUT2D eigenvalue weighted by atomic mass is 32.1. The van der Waals surface area contributed by atoms with Crippen LogP contribution in [0.25, 0.3) is 10.8 Å². The number of ether oxygens (including phenoxy) is 1. The molecule has 1 amide bonds. The maximum Gasteiger partial charge on any atom is 0.296 e. The number of carbonyl (C=O) groups is 1. The van der Waals surface area contributed by atoms with Crippen molar-refractivity contribution in [1.82, 2.24) is 20.6 Å². The number of rotatable bonds is 6. The predicted molar refractivity (Wildman–Crippen MR) is 118 cm³/mol. The van der Waals surface area contributed by atoms with Crippen LogP contribution >= 0.6 is 12.2 Å². The van der Waals surface area contributed by atoms with Crippen LogP contribution in [0.4, 0.5) is 11.4 Å². The van der Waals surface area contributed by atoms with Gasteiger partial charge in [-0.1, -0.05) is 18.2 Å². The van der Waals surface area contributed by atoms with Gasteiger partial charge in [0.15, 0.2) is 5.11 Å². The summed E-state index contributed by atoms with van der Waals surface area (Å²) < 4.78 is 6.28. The van der Waals surface area contributed by atoms with E-state index in [0.717, 1.165) is 4.68 Å². The number of aromatic nitrogens is 2.